The van der Waals surface area contributed by atoms with Gasteiger partial charge in [-0.25, -0.2) is 4.98 Å². The fourth-order valence-electron chi connectivity index (χ4n) is 2.23. The highest BCUT2D eigenvalue weighted by Crippen LogP contribution is 2.19. The molecule has 1 aromatic heterocycles. The molecular formula is C13H20N4O. The molecule has 0 aromatic carbocycles. The molecule has 1 amide bonds. The molecule has 0 aliphatic carbocycles. The van der Waals surface area contributed by atoms with Crippen molar-refractivity contribution in [2.45, 2.75) is 32.4 Å². The first-order chi connectivity index (χ1) is 8.63. The number of amides is 1. The third kappa shape index (κ3) is 2.46. The highest BCUT2D eigenvalue weighted by Gasteiger charge is 2.28. The zero-order valence-electron chi connectivity index (χ0n) is 10.9. The van der Waals surface area contributed by atoms with Crippen molar-refractivity contribution in [3.05, 3.63) is 23.9 Å². The second kappa shape index (κ2) is 5.35. The number of rotatable bonds is 3. The molecule has 2 atom stereocenters. The van der Waals surface area contributed by atoms with Crippen molar-refractivity contribution in [1.82, 2.24) is 10.3 Å². The van der Waals surface area contributed by atoms with E-state index in [0.717, 1.165) is 24.3 Å². The summed E-state index contributed by atoms with van der Waals surface area (Å²) >= 11 is 0. The lowest BCUT2D eigenvalue weighted by molar-refractivity contribution is -0.123. The van der Waals surface area contributed by atoms with E-state index in [9.17, 15) is 4.79 Å². The summed E-state index contributed by atoms with van der Waals surface area (Å²) in [6, 6.07) is 3.79. The Morgan fingerprint density at radius 3 is 2.94 bits per heavy atom. The van der Waals surface area contributed by atoms with Gasteiger partial charge in [0.25, 0.3) is 0 Å². The van der Waals surface area contributed by atoms with Gasteiger partial charge < -0.3 is 16.0 Å². The van der Waals surface area contributed by atoms with E-state index in [-0.39, 0.29) is 18.0 Å². The molecule has 98 valence electrons. The van der Waals surface area contributed by atoms with Crippen LogP contribution in [0.1, 0.15) is 31.9 Å². The lowest BCUT2D eigenvalue weighted by Crippen LogP contribution is -2.55. The number of nitrogens with zero attached hydrogens (tertiary/aromatic N) is 2. The minimum Gasteiger partial charge on any atom is -0.353 e. The van der Waals surface area contributed by atoms with Crippen LogP contribution < -0.4 is 16.0 Å². The highest BCUT2D eigenvalue weighted by molar-refractivity contribution is 5.86. The molecule has 1 saturated heterocycles. The summed E-state index contributed by atoms with van der Waals surface area (Å²) in [5, 5.41) is 2.88. The van der Waals surface area contributed by atoms with Crippen molar-refractivity contribution in [1.29, 1.82) is 0 Å². The van der Waals surface area contributed by atoms with E-state index in [2.05, 4.69) is 15.2 Å². The average molecular weight is 248 g/mol. The summed E-state index contributed by atoms with van der Waals surface area (Å²) < 4.78 is 0. The maximum atomic E-state index is 11.8. The number of carbonyl (C=O) groups is 1. The Hall–Kier alpha value is -1.62. The van der Waals surface area contributed by atoms with Gasteiger partial charge in [0.05, 0.1) is 0 Å². The molecule has 0 bridgehead atoms. The molecule has 1 fully saturated rings. The van der Waals surface area contributed by atoms with Crippen molar-refractivity contribution >= 4 is 11.7 Å². The molecule has 0 saturated carbocycles. The zero-order valence-corrected chi connectivity index (χ0v) is 10.9. The second-order valence-electron chi connectivity index (χ2n) is 4.65. The lowest BCUT2D eigenvalue weighted by atomic mass is 10.1. The van der Waals surface area contributed by atoms with Crippen molar-refractivity contribution in [2.75, 3.05) is 18.0 Å². The molecule has 1 aromatic rings. The van der Waals surface area contributed by atoms with Crippen molar-refractivity contribution < 1.29 is 4.79 Å². The van der Waals surface area contributed by atoms with Gasteiger partial charge in [-0.3, -0.25) is 4.79 Å². The highest BCUT2D eigenvalue weighted by atomic mass is 16.2. The molecule has 0 radical (unpaired) electrons. The molecule has 1 aliphatic heterocycles. The van der Waals surface area contributed by atoms with Gasteiger partial charge in [-0.2, -0.15) is 0 Å². The third-order valence-corrected chi connectivity index (χ3v) is 3.31. The van der Waals surface area contributed by atoms with Gasteiger partial charge in [-0.1, -0.05) is 13.0 Å². The summed E-state index contributed by atoms with van der Waals surface area (Å²) in [5.41, 5.74) is 6.81. The van der Waals surface area contributed by atoms with Crippen LogP contribution in [0.4, 0.5) is 5.82 Å². The maximum Gasteiger partial charge on any atom is 0.242 e. The van der Waals surface area contributed by atoms with Gasteiger partial charge in [0.1, 0.15) is 11.9 Å². The molecule has 2 heterocycles. The smallest absolute Gasteiger partial charge is 0.242 e. The van der Waals surface area contributed by atoms with Crippen LogP contribution in [0.15, 0.2) is 18.3 Å². The van der Waals surface area contributed by atoms with Crippen LogP contribution in [-0.2, 0) is 4.79 Å². The number of nitrogens with two attached hydrogens (primary N) is 1. The summed E-state index contributed by atoms with van der Waals surface area (Å²) in [5.74, 6) is 0.933. The minimum absolute atomic E-state index is 0.0156. The van der Waals surface area contributed by atoms with E-state index >= 15 is 0 Å². The van der Waals surface area contributed by atoms with Crippen LogP contribution in [0.2, 0.25) is 0 Å². The second-order valence-corrected chi connectivity index (χ2v) is 4.65. The fourth-order valence-corrected chi connectivity index (χ4v) is 2.23. The molecule has 1 aliphatic rings. The first kappa shape index (κ1) is 12.8. The third-order valence-electron chi connectivity index (χ3n) is 3.31. The van der Waals surface area contributed by atoms with Crippen molar-refractivity contribution in [2.24, 2.45) is 5.73 Å². The number of hydrogen-bond donors (Lipinski definition) is 2. The van der Waals surface area contributed by atoms with Crippen LogP contribution in [0, 0.1) is 0 Å². The zero-order chi connectivity index (χ0) is 13.1. The Balaban J connectivity index is 2.21. The number of anilines is 1. The van der Waals surface area contributed by atoms with Gasteiger partial charge in [0.15, 0.2) is 0 Å². The Kier molecular flexibility index (Phi) is 3.81. The minimum atomic E-state index is -0.118. The van der Waals surface area contributed by atoms with Gasteiger partial charge in [-0.05, 0) is 25.0 Å². The summed E-state index contributed by atoms with van der Waals surface area (Å²) in [7, 11) is 0. The molecule has 2 rings (SSSR count). The van der Waals surface area contributed by atoms with Gasteiger partial charge in [0.2, 0.25) is 5.91 Å². The van der Waals surface area contributed by atoms with E-state index < -0.39 is 0 Å². The Morgan fingerprint density at radius 1 is 1.61 bits per heavy atom. The number of carbonyl (C=O) groups excluding carboxylic acids is 1. The first-order valence-corrected chi connectivity index (χ1v) is 6.39. The maximum absolute atomic E-state index is 11.8. The van der Waals surface area contributed by atoms with Gasteiger partial charge in [0, 0.05) is 25.3 Å². The number of nitrogens with one attached hydrogen (secondary N) is 1. The number of piperazine rings is 1. The van der Waals surface area contributed by atoms with E-state index in [1.807, 2.05) is 26.0 Å². The van der Waals surface area contributed by atoms with Crippen LogP contribution >= 0.6 is 0 Å². The average Bonchev–Trinajstić information content (AvgIpc) is 2.38. The summed E-state index contributed by atoms with van der Waals surface area (Å²) in [6.45, 7) is 5.42. The monoisotopic (exact) mass is 248 g/mol. The van der Waals surface area contributed by atoms with Gasteiger partial charge >= 0.3 is 0 Å². The predicted octanol–water partition coefficient (Wildman–Crippen LogP) is 0.816. The predicted molar refractivity (Wildman–Crippen MR) is 71.3 cm³/mol. The van der Waals surface area contributed by atoms with Crippen LogP contribution in [-0.4, -0.2) is 30.0 Å². The molecule has 5 nitrogen and oxygen atoms in total. The number of hydrogen-bond acceptors (Lipinski definition) is 4. The number of aromatic nitrogens is 1. The molecule has 0 spiro atoms. The standard InChI is InChI=1S/C13H20N4O/c1-3-11-13(18)15-6-7-17(11)12-5-4-10(8-16-12)9(2)14/h4-5,8-9,11H,3,6-7,14H2,1-2H3,(H,15,18)/t9-,11?/m1/s1. The lowest BCUT2D eigenvalue weighted by Gasteiger charge is -2.35. The molecule has 5 heteroatoms. The molecule has 1 unspecified atom stereocenters. The quantitative estimate of drug-likeness (QED) is 0.830. The molecule has 18 heavy (non-hydrogen) atoms. The molecule has 3 N–H and O–H groups in total. The Bertz CT molecular complexity index is 416. The number of pyridine rings is 1. The fraction of sp³-hybridized carbons (Fsp3) is 0.538. The summed E-state index contributed by atoms with van der Waals surface area (Å²) in [6.07, 6.45) is 2.57. The van der Waals surface area contributed by atoms with Crippen molar-refractivity contribution in [3.8, 4) is 0 Å². The Morgan fingerprint density at radius 2 is 2.39 bits per heavy atom. The first-order valence-electron chi connectivity index (χ1n) is 6.39. The summed E-state index contributed by atoms with van der Waals surface area (Å²) in [4.78, 5) is 18.3. The molecular weight excluding hydrogens is 228 g/mol. The van der Waals surface area contributed by atoms with E-state index in [0.29, 0.717) is 6.54 Å². The van der Waals surface area contributed by atoms with Crippen LogP contribution in [0.3, 0.4) is 0 Å². The van der Waals surface area contributed by atoms with Crippen LogP contribution in [0.25, 0.3) is 0 Å². The van der Waals surface area contributed by atoms with Gasteiger partial charge in [-0.15, -0.1) is 0 Å². The largest absolute Gasteiger partial charge is 0.353 e. The normalized spacial score (nSPS) is 21.6. The van der Waals surface area contributed by atoms with Crippen molar-refractivity contribution in [3.63, 3.8) is 0 Å². The topological polar surface area (TPSA) is 71.2 Å². The van der Waals surface area contributed by atoms with E-state index in [1.54, 1.807) is 6.20 Å². The van der Waals surface area contributed by atoms with Crippen LogP contribution in [0.5, 0.6) is 0 Å². The van der Waals surface area contributed by atoms with E-state index in [1.165, 1.54) is 0 Å². The van der Waals surface area contributed by atoms with E-state index in [4.69, 9.17) is 5.73 Å². The Labute approximate surface area is 107 Å². The SMILES string of the molecule is CCC1C(=O)NCCN1c1ccc([C@@H](C)N)cn1.